The first-order chi connectivity index (χ1) is 11.7. The summed E-state index contributed by atoms with van der Waals surface area (Å²) in [6.07, 6.45) is 2.18. The van der Waals surface area contributed by atoms with Crippen molar-refractivity contribution < 1.29 is 14.3 Å². The average Bonchev–Trinajstić information content (AvgIpc) is 3.24. The maximum atomic E-state index is 12.2. The van der Waals surface area contributed by atoms with Gasteiger partial charge in [0, 0.05) is 18.5 Å². The number of aromatic nitrogens is 1. The zero-order valence-electron chi connectivity index (χ0n) is 13.8. The van der Waals surface area contributed by atoms with Crippen LogP contribution in [0.3, 0.4) is 0 Å². The van der Waals surface area contributed by atoms with Crippen molar-refractivity contribution in [2.24, 2.45) is 0 Å². The van der Waals surface area contributed by atoms with E-state index in [0.29, 0.717) is 17.4 Å². The number of carbonyl (C=O) groups is 1. The Morgan fingerprint density at radius 3 is 3.12 bits per heavy atom. The van der Waals surface area contributed by atoms with Gasteiger partial charge < -0.3 is 20.1 Å². The molecule has 1 aliphatic rings. The van der Waals surface area contributed by atoms with Gasteiger partial charge in [-0.05, 0) is 37.5 Å². The molecular weight excluding hydrogens is 326 g/mol. The Labute approximate surface area is 145 Å². The molecule has 1 aliphatic heterocycles. The number of thiazole rings is 1. The molecule has 0 aliphatic carbocycles. The number of methoxy groups -OCH3 is 1. The molecule has 1 aromatic heterocycles. The Hall–Kier alpha value is -2.12. The zero-order valence-corrected chi connectivity index (χ0v) is 14.6. The fourth-order valence-corrected chi connectivity index (χ4v) is 3.28. The smallest absolute Gasteiger partial charge is 0.270 e. The molecule has 1 atom stereocenters. The second-order valence-electron chi connectivity index (χ2n) is 5.71. The van der Waals surface area contributed by atoms with E-state index in [4.69, 9.17) is 9.47 Å². The van der Waals surface area contributed by atoms with Crippen molar-refractivity contribution in [2.45, 2.75) is 25.9 Å². The quantitative estimate of drug-likeness (QED) is 0.840. The standard InChI is InChI=1S/C17H21N3O3S/c1-11-5-6-15(22-2)13(8-11)19-17-20-14(10-24-17)16(21)18-9-12-4-3-7-23-12/h5-6,8,10,12H,3-4,7,9H2,1-2H3,(H,18,21)(H,19,20)/t12-/m0/s1. The van der Waals surface area contributed by atoms with Crippen molar-refractivity contribution in [1.29, 1.82) is 0 Å². The second-order valence-corrected chi connectivity index (χ2v) is 6.57. The molecule has 1 aromatic carbocycles. The minimum Gasteiger partial charge on any atom is -0.495 e. The number of benzene rings is 1. The summed E-state index contributed by atoms with van der Waals surface area (Å²) in [5.41, 5.74) is 2.36. The molecule has 0 saturated carbocycles. The number of rotatable bonds is 6. The van der Waals surface area contributed by atoms with Gasteiger partial charge >= 0.3 is 0 Å². The lowest BCUT2D eigenvalue weighted by Crippen LogP contribution is -2.31. The third-order valence-electron chi connectivity index (χ3n) is 3.85. The van der Waals surface area contributed by atoms with Crippen molar-refractivity contribution in [3.05, 3.63) is 34.8 Å². The van der Waals surface area contributed by atoms with Gasteiger partial charge in [-0.15, -0.1) is 11.3 Å². The summed E-state index contributed by atoms with van der Waals surface area (Å²) in [5.74, 6) is 0.561. The van der Waals surface area contributed by atoms with E-state index in [1.165, 1.54) is 11.3 Å². The van der Waals surface area contributed by atoms with E-state index in [1.807, 2.05) is 25.1 Å². The first-order valence-corrected chi connectivity index (χ1v) is 8.80. The van der Waals surface area contributed by atoms with Crippen LogP contribution in [0.4, 0.5) is 10.8 Å². The summed E-state index contributed by atoms with van der Waals surface area (Å²) < 4.78 is 10.8. The number of nitrogens with zero attached hydrogens (tertiary/aromatic N) is 1. The van der Waals surface area contributed by atoms with Crippen molar-refractivity contribution in [2.75, 3.05) is 25.6 Å². The fourth-order valence-electron chi connectivity index (χ4n) is 2.57. The van der Waals surface area contributed by atoms with Gasteiger partial charge in [0.15, 0.2) is 5.13 Å². The molecule has 7 heteroatoms. The SMILES string of the molecule is COc1ccc(C)cc1Nc1nc(C(=O)NC[C@@H]2CCCO2)cs1. The number of ether oxygens (including phenoxy) is 2. The van der Waals surface area contributed by atoms with Crippen LogP contribution in [0.15, 0.2) is 23.6 Å². The van der Waals surface area contributed by atoms with E-state index >= 15 is 0 Å². The largest absolute Gasteiger partial charge is 0.495 e. The van der Waals surface area contributed by atoms with Crippen molar-refractivity contribution in [3.63, 3.8) is 0 Å². The Morgan fingerprint density at radius 1 is 1.50 bits per heavy atom. The molecular formula is C17H21N3O3S. The fraction of sp³-hybridized carbons (Fsp3) is 0.412. The molecule has 0 unspecified atom stereocenters. The Morgan fingerprint density at radius 2 is 2.38 bits per heavy atom. The first kappa shape index (κ1) is 16.7. The number of carbonyl (C=O) groups excluding carboxylic acids is 1. The average molecular weight is 347 g/mol. The molecule has 0 spiro atoms. The number of aryl methyl sites for hydroxylation is 1. The van der Waals surface area contributed by atoms with Gasteiger partial charge in [0.2, 0.25) is 0 Å². The molecule has 24 heavy (non-hydrogen) atoms. The lowest BCUT2D eigenvalue weighted by Gasteiger charge is -2.10. The van der Waals surface area contributed by atoms with Crippen molar-refractivity contribution in [1.82, 2.24) is 10.3 Å². The highest BCUT2D eigenvalue weighted by atomic mass is 32.1. The molecule has 128 valence electrons. The Balaban J connectivity index is 1.62. The predicted molar refractivity (Wildman–Crippen MR) is 94.4 cm³/mol. The summed E-state index contributed by atoms with van der Waals surface area (Å²) in [6, 6.07) is 5.87. The van der Waals surface area contributed by atoms with Gasteiger partial charge in [-0.25, -0.2) is 4.98 Å². The number of amides is 1. The summed E-state index contributed by atoms with van der Waals surface area (Å²) in [7, 11) is 1.63. The number of anilines is 2. The summed E-state index contributed by atoms with van der Waals surface area (Å²) >= 11 is 1.39. The first-order valence-electron chi connectivity index (χ1n) is 7.92. The summed E-state index contributed by atoms with van der Waals surface area (Å²) in [6.45, 7) is 3.32. The van der Waals surface area contributed by atoms with Crippen LogP contribution in [0.2, 0.25) is 0 Å². The van der Waals surface area contributed by atoms with Crippen molar-refractivity contribution >= 4 is 28.1 Å². The lowest BCUT2D eigenvalue weighted by molar-refractivity contribution is 0.0854. The second kappa shape index (κ2) is 7.63. The van der Waals surface area contributed by atoms with Gasteiger partial charge in [0.05, 0.1) is 18.9 Å². The van der Waals surface area contributed by atoms with Crippen LogP contribution < -0.4 is 15.4 Å². The summed E-state index contributed by atoms with van der Waals surface area (Å²) in [5, 5.41) is 8.49. The van der Waals surface area contributed by atoms with Crippen molar-refractivity contribution in [3.8, 4) is 5.75 Å². The molecule has 2 heterocycles. The van der Waals surface area contributed by atoms with Crippen LogP contribution in [-0.4, -0.2) is 37.3 Å². The highest BCUT2D eigenvalue weighted by Gasteiger charge is 2.18. The van der Waals surface area contributed by atoms with Crippen LogP contribution >= 0.6 is 11.3 Å². The molecule has 6 nitrogen and oxygen atoms in total. The highest BCUT2D eigenvalue weighted by molar-refractivity contribution is 7.14. The maximum Gasteiger partial charge on any atom is 0.270 e. The minimum atomic E-state index is -0.175. The normalized spacial score (nSPS) is 16.8. The highest BCUT2D eigenvalue weighted by Crippen LogP contribution is 2.29. The third kappa shape index (κ3) is 4.04. The molecule has 0 radical (unpaired) electrons. The van der Waals surface area contributed by atoms with E-state index in [2.05, 4.69) is 15.6 Å². The van der Waals surface area contributed by atoms with E-state index < -0.39 is 0 Å². The van der Waals surface area contributed by atoms with E-state index in [-0.39, 0.29) is 12.0 Å². The maximum absolute atomic E-state index is 12.2. The van der Waals surface area contributed by atoms with Crippen LogP contribution in [0.25, 0.3) is 0 Å². The molecule has 0 bridgehead atoms. The topological polar surface area (TPSA) is 72.5 Å². The van der Waals surface area contributed by atoms with Crippen LogP contribution in [0, 0.1) is 6.92 Å². The molecule has 2 N–H and O–H groups in total. The Kier molecular flexibility index (Phi) is 5.32. The number of hydrogen-bond donors (Lipinski definition) is 2. The molecule has 1 fully saturated rings. The molecule has 1 amide bonds. The van der Waals surface area contributed by atoms with E-state index in [0.717, 1.165) is 36.4 Å². The van der Waals surface area contributed by atoms with Gasteiger partial charge in [-0.3, -0.25) is 4.79 Å². The predicted octanol–water partition coefficient (Wildman–Crippen LogP) is 3.11. The minimum absolute atomic E-state index is 0.127. The molecule has 1 saturated heterocycles. The van der Waals surface area contributed by atoms with Gasteiger partial charge in [0.1, 0.15) is 11.4 Å². The van der Waals surface area contributed by atoms with Gasteiger partial charge in [-0.2, -0.15) is 0 Å². The van der Waals surface area contributed by atoms with E-state index in [9.17, 15) is 4.79 Å². The summed E-state index contributed by atoms with van der Waals surface area (Å²) in [4.78, 5) is 16.5. The van der Waals surface area contributed by atoms with Crippen LogP contribution in [0.1, 0.15) is 28.9 Å². The van der Waals surface area contributed by atoms with Gasteiger partial charge in [-0.1, -0.05) is 6.07 Å². The number of nitrogens with one attached hydrogen (secondary N) is 2. The monoisotopic (exact) mass is 347 g/mol. The zero-order chi connectivity index (χ0) is 16.9. The Bertz CT molecular complexity index is 711. The molecule has 3 rings (SSSR count). The van der Waals surface area contributed by atoms with Crippen LogP contribution in [-0.2, 0) is 4.74 Å². The molecule has 2 aromatic rings. The van der Waals surface area contributed by atoms with Crippen LogP contribution in [0.5, 0.6) is 5.75 Å². The third-order valence-corrected chi connectivity index (χ3v) is 4.61. The van der Waals surface area contributed by atoms with Gasteiger partial charge in [0.25, 0.3) is 5.91 Å². The lowest BCUT2D eigenvalue weighted by atomic mass is 10.2. The van der Waals surface area contributed by atoms with E-state index in [1.54, 1.807) is 12.5 Å². The number of hydrogen-bond acceptors (Lipinski definition) is 6.